The largest absolute Gasteiger partial charge is 0.480 e. The number of benzene rings is 1. The lowest BCUT2D eigenvalue weighted by Crippen LogP contribution is -2.19. The Hall–Kier alpha value is -2.89. The minimum absolute atomic E-state index is 0.0179. The van der Waals surface area contributed by atoms with E-state index in [-0.39, 0.29) is 17.7 Å². The number of amides is 2. The Balaban J connectivity index is 1.81. The van der Waals surface area contributed by atoms with Crippen molar-refractivity contribution in [1.82, 2.24) is 4.98 Å². The zero-order chi connectivity index (χ0) is 15.5. The van der Waals surface area contributed by atoms with E-state index < -0.39 is 0 Å². The number of rotatable bonds is 3. The van der Waals surface area contributed by atoms with Crippen molar-refractivity contribution in [2.24, 2.45) is 0 Å². The zero-order valence-corrected chi connectivity index (χ0v) is 12.1. The molecule has 0 fully saturated rings. The second-order valence-corrected chi connectivity index (χ2v) is 4.93. The number of ether oxygens (including phenoxy) is 1. The highest BCUT2D eigenvalue weighted by molar-refractivity contribution is 6.06. The molecule has 2 amide bonds. The summed E-state index contributed by atoms with van der Waals surface area (Å²) in [5.41, 5.74) is 2.85. The first kappa shape index (κ1) is 14.1. The van der Waals surface area contributed by atoms with Gasteiger partial charge in [0.15, 0.2) is 0 Å². The van der Waals surface area contributed by atoms with Crippen molar-refractivity contribution in [3.8, 4) is 5.88 Å². The molecule has 0 bridgehead atoms. The molecule has 0 saturated carbocycles. The summed E-state index contributed by atoms with van der Waals surface area (Å²) in [5, 5.41) is 5.63. The summed E-state index contributed by atoms with van der Waals surface area (Å²) in [6.07, 6.45) is 2.69. The van der Waals surface area contributed by atoms with Gasteiger partial charge in [-0.3, -0.25) is 9.59 Å². The Morgan fingerprint density at radius 1 is 1.32 bits per heavy atom. The van der Waals surface area contributed by atoms with Gasteiger partial charge in [0.25, 0.3) is 5.91 Å². The van der Waals surface area contributed by atoms with Crippen molar-refractivity contribution in [2.75, 3.05) is 17.7 Å². The minimum Gasteiger partial charge on any atom is -0.480 e. The van der Waals surface area contributed by atoms with Crippen molar-refractivity contribution < 1.29 is 14.3 Å². The van der Waals surface area contributed by atoms with Crippen LogP contribution in [0.25, 0.3) is 0 Å². The molecule has 1 aliphatic heterocycles. The molecule has 6 nitrogen and oxygen atoms in total. The molecule has 22 heavy (non-hydrogen) atoms. The maximum atomic E-state index is 12.3. The number of pyridine rings is 1. The molecule has 112 valence electrons. The molecule has 2 heterocycles. The van der Waals surface area contributed by atoms with Gasteiger partial charge >= 0.3 is 0 Å². The molecular weight excluding hydrogens is 282 g/mol. The Labute approximate surface area is 127 Å². The lowest BCUT2D eigenvalue weighted by Gasteiger charge is -2.17. The fourth-order valence-corrected chi connectivity index (χ4v) is 2.39. The smallest absolute Gasteiger partial charge is 0.261 e. The van der Waals surface area contributed by atoms with Crippen molar-refractivity contribution in [3.63, 3.8) is 0 Å². The van der Waals surface area contributed by atoms with Gasteiger partial charge in [-0.15, -0.1) is 0 Å². The van der Waals surface area contributed by atoms with Crippen LogP contribution in [0.3, 0.4) is 0 Å². The highest BCUT2D eigenvalue weighted by Crippen LogP contribution is 2.26. The number of nitrogens with one attached hydrogen (secondary N) is 2. The van der Waals surface area contributed by atoms with Crippen LogP contribution in [0.5, 0.6) is 5.88 Å². The number of anilines is 2. The van der Waals surface area contributed by atoms with Crippen LogP contribution in [-0.4, -0.2) is 23.9 Å². The number of hydrogen-bond acceptors (Lipinski definition) is 4. The van der Waals surface area contributed by atoms with E-state index in [1.807, 2.05) is 6.07 Å². The van der Waals surface area contributed by atoms with Crippen LogP contribution in [0.2, 0.25) is 0 Å². The van der Waals surface area contributed by atoms with E-state index in [2.05, 4.69) is 15.6 Å². The molecule has 1 aromatic heterocycles. The Morgan fingerprint density at radius 3 is 3.00 bits per heavy atom. The fourth-order valence-electron chi connectivity index (χ4n) is 2.39. The quantitative estimate of drug-likeness (QED) is 0.910. The van der Waals surface area contributed by atoms with Gasteiger partial charge < -0.3 is 15.4 Å². The summed E-state index contributed by atoms with van der Waals surface area (Å²) in [4.78, 5) is 27.7. The molecular formula is C16H15N3O3. The number of hydrogen-bond donors (Lipinski definition) is 2. The topological polar surface area (TPSA) is 80.3 Å². The predicted octanol–water partition coefficient (Wildman–Crippen LogP) is 2.23. The second-order valence-electron chi connectivity index (χ2n) is 4.93. The lowest BCUT2D eigenvalue weighted by atomic mass is 10.0. The van der Waals surface area contributed by atoms with Crippen molar-refractivity contribution in [3.05, 3.63) is 47.7 Å². The summed E-state index contributed by atoms with van der Waals surface area (Å²) >= 11 is 0. The van der Waals surface area contributed by atoms with Crippen LogP contribution in [0.4, 0.5) is 11.4 Å². The van der Waals surface area contributed by atoms with Gasteiger partial charge in [-0.05, 0) is 42.3 Å². The number of aryl methyl sites for hydroxylation is 1. The third kappa shape index (κ3) is 2.76. The van der Waals surface area contributed by atoms with Crippen LogP contribution in [0, 0.1) is 0 Å². The summed E-state index contributed by atoms with van der Waals surface area (Å²) in [6.45, 7) is 0. The first-order chi connectivity index (χ1) is 10.7. The molecule has 0 unspecified atom stereocenters. The van der Waals surface area contributed by atoms with Gasteiger partial charge in [-0.25, -0.2) is 4.98 Å². The highest BCUT2D eigenvalue weighted by atomic mass is 16.5. The van der Waals surface area contributed by atoms with Gasteiger partial charge in [-0.2, -0.15) is 0 Å². The number of aromatic nitrogens is 1. The lowest BCUT2D eigenvalue weighted by molar-refractivity contribution is -0.116. The van der Waals surface area contributed by atoms with Crippen molar-refractivity contribution in [1.29, 1.82) is 0 Å². The maximum Gasteiger partial charge on any atom is 0.261 e. The summed E-state index contributed by atoms with van der Waals surface area (Å²) in [5.74, 6) is 0.0133. The number of carbonyl (C=O) groups is 2. The molecule has 0 radical (unpaired) electrons. The summed E-state index contributed by atoms with van der Waals surface area (Å²) in [7, 11) is 1.47. The molecule has 0 aliphatic carbocycles. The SMILES string of the molecule is COc1ncccc1C(=O)Nc1ccc2c(c1)CCC(=O)N2. The number of methoxy groups -OCH3 is 1. The third-order valence-corrected chi connectivity index (χ3v) is 3.47. The van der Waals surface area contributed by atoms with Gasteiger partial charge in [0.2, 0.25) is 11.8 Å². The van der Waals surface area contributed by atoms with Gasteiger partial charge in [0, 0.05) is 24.0 Å². The zero-order valence-electron chi connectivity index (χ0n) is 12.1. The van der Waals surface area contributed by atoms with Gasteiger partial charge in [-0.1, -0.05) is 0 Å². The van der Waals surface area contributed by atoms with E-state index in [0.29, 0.717) is 24.1 Å². The van der Waals surface area contributed by atoms with E-state index in [4.69, 9.17) is 4.74 Å². The normalized spacial score (nSPS) is 13.0. The van der Waals surface area contributed by atoms with E-state index in [1.54, 1.807) is 30.5 Å². The number of carbonyl (C=O) groups excluding carboxylic acids is 2. The van der Waals surface area contributed by atoms with E-state index >= 15 is 0 Å². The van der Waals surface area contributed by atoms with E-state index in [1.165, 1.54) is 7.11 Å². The molecule has 3 rings (SSSR count). The van der Waals surface area contributed by atoms with Crippen LogP contribution in [-0.2, 0) is 11.2 Å². The summed E-state index contributed by atoms with van der Waals surface area (Å²) in [6, 6.07) is 8.75. The maximum absolute atomic E-state index is 12.3. The van der Waals surface area contributed by atoms with Crippen LogP contribution >= 0.6 is 0 Å². The predicted molar refractivity (Wildman–Crippen MR) is 82.1 cm³/mol. The van der Waals surface area contributed by atoms with E-state index in [9.17, 15) is 9.59 Å². The fraction of sp³-hybridized carbons (Fsp3) is 0.188. The van der Waals surface area contributed by atoms with Crippen molar-refractivity contribution >= 4 is 23.2 Å². The van der Waals surface area contributed by atoms with Crippen molar-refractivity contribution in [2.45, 2.75) is 12.8 Å². The van der Waals surface area contributed by atoms with Gasteiger partial charge in [0.05, 0.1) is 7.11 Å². The molecule has 1 aliphatic rings. The van der Waals surface area contributed by atoms with Gasteiger partial charge in [0.1, 0.15) is 5.56 Å². The molecule has 0 saturated heterocycles. The van der Waals surface area contributed by atoms with Crippen LogP contribution < -0.4 is 15.4 Å². The Morgan fingerprint density at radius 2 is 2.18 bits per heavy atom. The molecule has 6 heteroatoms. The van der Waals surface area contributed by atoms with E-state index in [0.717, 1.165) is 11.3 Å². The highest BCUT2D eigenvalue weighted by Gasteiger charge is 2.17. The van der Waals surface area contributed by atoms with Crippen LogP contribution in [0.15, 0.2) is 36.5 Å². The first-order valence-electron chi connectivity index (χ1n) is 6.90. The number of nitrogens with zero attached hydrogens (tertiary/aromatic N) is 1. The molecule has 0 atom stereocenters. The number of fused-ring (bicyclic) bond motifs is 1. The second kappa shape index (κ2) is 5.85. The Kier molecular flexibility index (Phi) is 3.74. The molecule has 1 aromatic carbocycles. The van der Waals surface area contributed by atoms with Crippen LogP contribution in [0.1, 0.15) is 22.3 Å². The first-order valence-corrected chi connectivity index (χ1v) is 6.90. The average Bonchev–Trinajstić information content (AvgIpc) is 2.55. The molecule has 2 aromatic rings. The minimum atomic E-state index is -0.287. The average molecular weight is 297 g/mol. The standard InChI is InChI=1S/C16H15N3O3/c1-22-16-12(3-2-8-17-16)15(21)18-11-5-6-13-10(9-11)4-7-14(20)19-13/h2-3,5-6,8-9H,4,7H2,1H3,(H,18,21)(H,19,20). The molecule has 2 N–H and O–H groups in total. The molecule has 0 spiro atoms. The Bertz CT molecular complexity index is 743. The third-order valence-electron chi connectivity index (χ3n) is 3.47. The monoisotopic (exact) mass is 297 g/mol. The summed E-state index contributed by atoms with van der Waals surface area (Å²) < 4.78 is 5.09.